The molecule has 1 aromatic carbocycles. The molecule has 0 aromatic heterocycles. The maximum Gasteiger partial charge on any atom is 0.236 e. The highest BCUT2D eigenvalue weighted by Crippen LogP contribution is 2.16. The molecular weight excluding hydrogens is 360 g/mol. The first-order valence-electron chi connectivity index (χ1n) is 9.64. The van der Waals surface area contributed by atoms with Crippen LogP contribution < -0.4 is 5.73 Å². The van der Waals surface area contributed by atoms with Crippen molar-refractivity contribution >= 4 is 23.6 Å². The zero-order chi connectivity index (χ0) is 20.1. The third-order valence-electron chi connectivity index (χ3n) is 5.33. The van der Waals surface area contributed by atoms with Gasteiger partial charge in [-0.15, -0.1) is 0 Å². The fourth-order valence-electron chi connectivity index (χ4n) is 3.74. The second kappa shape index (κ2) is 8.97. The monoisotopic (exact) mass is 386 g/mol. The van der Waals surface area contributed by atoms with Crippen LogP contribution in [0.1, 0.15) is 31.2 Å². The van der Waals surface area contributed by atoms with Crippen molar-refractivity contribution in [3.8, 4) is 0 Å². The Morgan fingerprint density at radius 3 is 2.36 bits per heavy atom. The second-order valence-electron chi connectivity index (χ2n) is 7.26. The summed E-state index contributed by atoms with van der Waals surface area (Å²) in [5.41, 5.74) is 6.66. The second-order valence-corrected chi connectivity index (χ2v) is 7.26. The number of nitrogens with zero attached hydrogens (tertiary/aromatic N) is 3. The molecule has 150 valence electrons. The van der Waals surface area contributed by atoms with Crippen LogP contribution in [0, 0.1) is 0 Å². The van der Waals surface area contributed by atoms with Gasteiger partial charge in [0.05, 0.1) is 0 Å². The van der Waals surface area contributed by atoms with Crippen LogP contribution in [0.15, 0.2) is 30.3 Å². The molecule has 2 aliphatic rings. The average Bonchev–Trinajstić information content (AvgIpc) is 2.68. The molecule has 0 spiro atoms. The van der Waals surface area contributed by atoms with Gasteiger partial charge in [-0.3, -0.25) is 29.0 Å². The molecular formula is C20H26N4O4. The Balaban J connectivity index is 1.57. The number of carbonyl (C=O) groups excluding carboxylic acids is 4. The molecule has 28 heavy (non-hydrogen) atoms. The fraction of sp³-hybridized carbons (Fsp3) is 0.500. The third-order valence-corrected chi connectivity index (χ3v) is 5.33. The first-order valence-corrected chi connectivity index (χ1v) is 9.64. The number of hydrogen-bond acceptors (Lipinski definition) is 5. The van der Waals surface area contributed by atoms with Gasteiger partial charge >= 0.3 is 0 Å². The topological polar surface area (TPSA) is 104 Å². The summed E-state index contributed by atoms with van der Waals surface area (Å²) in [6, 6.07) is 9.24. The summed E-state index contributed by atoms with van der Waals surface area (Å²) in [6.07, 6.45) is 1.34. The molecule has 0 unspecified atom stereocenters. The number of imide groups is 1. The molecule has 8 heteroatoms. The molecule has 8 nitrogen and oxygen atoms in total. The first kappa shape index (κ1) is 20.0. The molecule has 3 rings (SSSR count). The van der Waals surface area contributed by atoms with Crippen LogP contribution >= 0.6 is 0 Å². The van der Waals surface area contributed by atoms with Crippen molar-refractivity contribution in [1.29, 1.82) is 0 Å². The fourth-order valence-corrected chi connectivity index (χ4v) is 3.74. The summed E-state index contributed by atoms with van der Waals surface area (Å²) < 4.78 is 0. The lowest BCUT2D eigenvalue weighted by molar-refractivity contribution is -0.148. The summed E-state index contributed by atoms with van der Waals surface area (Å²) in [5, 5.41) is 0. The normalized spacial score (nSPS) is 21.1. The van der Waals surface area contributed by atoms with Gasteiger partial charge in [0.25, 0.3) is 0 Å². The van der Waals surface area contributed by atoms with Crippen LogP contribution in [0.2, 0.25) is 0 Å². The molecule has 2 fully saturated rings. The number of carbonyl (C=O) groups is 4. The van der Waals surface area contributed by atoms with Crippen molar-refractivity contribution in [2.75, 3.05) is 26.2 Å². The quantitative estimate of drug-likeness (QED) is 0.699. The Kier molecular flexibility index (Phi) is 6.41. The molecule has 0 saturated carbocycles. The van der Waals surface area contributed by atoms with Gasteiger partial charge in [0.15, 0.2) is 0 Å². The van der Waals surface area contributed by atoms with Crippen LogP contribution in [0.4, 0.5) is 0 Å². The predicted octanol–water partition coefficient (Wildman–Crippen LogP) is 0.114. The molecule has 1 aromatic rings. The number of amides is 4. The van der Waals surface area contributed by atoms with Crippen LogP contribution in [0.5, 0.6) is 0 Å². The Morgan fingerprint density at radius 1 is 1.04 bits per heavy atom. The molecule has 0 aliphatic carbocycles. The van der Waals surface area contributed by atoms with E-state index in [1.165, 1.54) is 4.90 Å². The van der Waals surface area contributed by atoms with E-state index in [1.807, 2.05) is 35.2 Å². The number of benzene rings is 1. The van der Waals surface area contributed by atoms with E-state index in [9.17, 15) is 19.2 Å². The standard InChI is InChI=1S/C20H26N4O4/c21-20(28)16-14-23(12-11-22(16)13-15-5-2-1-3-6-15)17(25)9-10-24-18(26)7-4-8-19(24)27/h1-3,5-6,16H,4,7-14H2,(H2,21,28)/t16-/m0/s1. The molecule has 2 N–H and O–H groups in total. The minimum atomic E-state index is -0.559. The molecule has 2 aliphatic heterocycles. The Morgan fingerprint density at radius 2 is 1.71 bits per heavy atom. The van der Waals surface area contributed by atoms with E-state index in [-0.39, 0.29) is 37.2 Å². The van der Waals surface area contributed by atoms with Gasteiger partial charge in [-0.05, 0) is 12.0 Å². The number of piperidine rings is 1. The number of likely N-dealkylation sites (tertiary alicyclic amines) is 1. The number of rotatable bonds is 6. The van der Waals surface area contributed by atoms with Crippen molar-refractivity contribution in [1.82, 2.24) is 14.7 Å². The lowest BCUT2D eigenvalue weighted by atomic mass is 10.1. The number of nitrogens with two attached hydrogens (primary N) is 1. The highest BCUT2D eigenvalue weighted by atomic mass is 16.2. The van der Waals surface area contributed by atoms with Crippen molar-refractivity contribution < 1.29 is 19.2 Å². The zero-order valence-electron chi connectivity index (χ0n) is 15.9. The van der Waals surface area contributed by atoms with Gasteiger partial charge in [0.1, 0.15) is 6.04 Å². The number of piperazine rings is 1. The summed E-state index contributed by atoms with van der Waals surface area (Å²) >= 11 is 0. The van der Waals surface area contributed by atoms with E-state index in [0.29, 0.717) is 38.9 Å². The summed E-state index contributed by atoms with van der Waals surface area (Å²) in [4.78, 5) is 53.1. The third kappa shape index (κ3) is 4.75. The molecule has 0 bridgehead atoms. The maximum atomic E-state index is 12.6. The van der Waals surface area contributed by atoms with Gasteiger partial charge in [-0.1, -0.05) is 30.3 Å². The van der Waals surface area contributed by atoms with Gasteiger partial charge in [0, 0.05) is 52.0 Å². The van der Waals surface area contributed by atoms with Gasteiger partial charge in [0.2, 0.25) is 23.6 Å². The smallest absolute Gasteiger partial charge is 0.236 e. The zero-order valence-corrected chi connectivity index (χ0v) is 15.9. The van der Waals surface area contributed by atoms with E-state index in [1.54, 1.807) is 4.90 Å². The predicted molar refractivity (Wildman–Crippen MR) is 102 cm³/mol. The number of primary amides is 1. The Bertz CT molecular complexity index is 736. The van der Waals surface area contributed by atoms with E-state index in [4.69, 9.17) is 5.73 Å². The first-order chi connectivity index (χ1) is 13.5. The van der Waals surface area contributed by atoms with Gasteiger partial charge in [-0.25, -0.2) is 0 Å². The molecule has 2 saturated heterocycles. The van der Waals surface area contributed by atoms with E-state index in [0.717, 1.165) is 5.56 Å². The highest BCUT2D eigenvalue weighted by Gasteiger charge is 2.33. The summed E-state index contributed by atoms with van der Waals surface area (Å²) in [6.45, 7) is 1.94. The summed E-state index contributed by atoms with van der Waals surface area (Å²) in [5.74, 6) is -1.06. The highest BCUT2D eigenvalue weighted by molar-refractivity contribution is 5.97. The summed E-state index contributed by atoms with van der Waals surface area (Å²) in [7, 11) is 0. The van der Waals surface area contributed by atoms with Crippen molar-refractivity contribution in [3.63, 3.8) is 0 Å². The van der Waals surface area contributed by atoms with E-state index < -0.39 is 11.9 Å². The van der Waals surface area contributed by atoms with Gasteiger partial charge < -0.3 is 10.6 Å². The largest absolute Gasteiger partial charge is 0.368 e. The van der Waals surface area contributed by atoms with E-state index >= 15 is 0 Å². The van der Waals surface area contributed by atoms with Crippen LogP contribution in [-0.2, 0) is 25.7 Å². The molecule has 4 amide bonds. The average molecular weight is 386 g/mol. The molecule has 2 heterocycles. The van der Waals surface area contributed by atoms with Crippen LogP contribution in [0.3, 0.4) is 0 Å². The molecule has 1 atom stereocenters. The SMILES string of the molecule is NC(=O)[C@@H]1CN(C(=O)CCN2C(=O)CCCC2=O)CCN1Cc1ccccc1. The lowest BCUT2D eigenvalue weighted by Crippen LogP contribution is -2.59. The van der Waals surface area contributed by atoms with Crippen LogP contribution in [-0.4, -0.2) is 70.5 Å². The van der Waals surface area contributed by atoms with E-state index in [2.05, 4.69) is 0 Å². The lowest BCUT2D eigenvalue weighted by Gasteiger charge is -2.40. The van der Waals surface area contributed by atoms with Crippen LogP contribution in [0.25, 0.3) is 0 Å². The molecule has 0 radical (unpaired) electrons. The van der Waals surface area contributed by atoms with Gasteiger partial charge in [-0.2, -0.15) is 0 Å². The van der Waals surface area contributed by atoms with Crippen molar-refractivity contribution in [3.05, 3.63) is 35.9 Å². The maximum absolute atomic E-state index is 12.6. The Labute approximate surface area is 164 Å². The minimum Gasteiger partial charge on any atom is -0.368 e. The van der Waals surface area contributed by atoms with Crippen molar-refractivity contribution in [2.45, 2.75) is 38.3 Å². The number of hydrogen-bond donors (Lipinski definition) is 1. The Hall–Kier alpha value is -2.74. The minimum absolute atomic E-state index is 0.0711. The van der Waals surface area contributed by atoms with Crippen molar-refractivity contribution in [2.24, 2.45) is 5.73 Å².